The quantitative estimate of drug-likeness (QED) is 0.0849. The third-order valence-electron chi connectivity index (χ3n) is 4.67. The minimum atomic E-state index is -0.926. The molecule has 0 unspecified atom stereocenters. The monoisotopic (exact) mass is 438 g/mol. The molecule has 0 spiro atoms. The second-order valence-corrected chi connectivity index (χ2v) is 6.68. The van der Waals surface area contributed by atoms with Crippen molar-refractivity contribution in [3.05, 3.63) is 80.9 Å². The molecular weight excluding hydrogens is 420 g/mol. The van der Waals surface area contributed by atoms with Gasteiger partial charge in [-0.3, -0.25) is 29.4 Å². The highest BCUT2D eigenvalue weighted by molar-refractivity contribution is 6.22. The van der Waals surface area contributed by atoms with Crippen LogP contribution >= 0.6 is 0 Å². The number of non-ortho nitro benzene ring substituents is 1. The molecule has 10 heteroatoms. The Hall–Kier alpha value is -4.18. The number of rotatable bonds is 9. The van der Waals surface area contributed by atoms with Crippen LogP contribution in [-0.2, 0) is 19.1 Å². The molecule has 2 aromatic carbocycles. The van der Waals surface area contributed by atoms with E-state index in [0.29, 0.717) is 11.1 Å². The number of hydrogen-bond donors (Lipinski definition) is 0. The first kappa shape index (κ1) is 22.5. The van der Waals surface area contributed by atoms with Gasteiger partial charge in [-0.15, -0.1) is 0 Å². The third-order valence-corrected chi connectivity index (χ3v) is 4.67. The highest BCUT2D eigenvalue weighted by atomic mass is 16.6. The van der Waals surface area contributed by atoms with Crippen LogP contribution in [0.1, 0.15) is 26.3 Å². The topological polar surface area (TPSA) is 133 Å². The van der Waals surface area contributed by atoms with Gasteiger partial charge in [0, 0.05) is 12.1 Å². The summed E-state index contributed by atoms with van der Waals surface area (Å²) in [6.45, 7) is -0.705. The molecule has 3 rings (SSSR count). The number of Topliss-reactive ketones (excluding diaryl/α,β-unsaturated/α-hetero) is 1. The minimum absolute atomic E-state index is 0.0677. The summed E-state index contributed by atoms with van der Waals surface area (Å²) >= 11 is 0. The van der Waals surface area contributed by atoms with E-state index < -0.39 is 35.1 Å². The lowest BCUT2D eigenvalue weighted by molar-refractivity contribution is -0.384. The Bertz CT molecular complexity index is 1100. The van der Waals surface area contributed by atoms with Crippen LogP contribution in [0.4, 0.5) is 5.69 Å². The number of nitro benzene ring substituents is 1. The fraction of sp³-hybridized carbons (Fsp3) is 0.182. The van der Waals surface area contributed by atoms with Crippen LogP contribution in [0.25, 0.3) is 6.08 Å². The van der Waals surface area contributed by atoms with Crippen molar-refractivity contribution in [3.63, 3.8) is 0 Å². The number of ketones is 1. The second-order valence-electron chi connectivity index (χ2n) is 6.68. The first-order valence-electron chi connectivity index (χ1n) is 9.44. The highest BCUT2D eigenvalue weighted by Gasteiger charge is 2.34. The van der Waals surface area contributed by atoms with Crippen molar-refractivity contribution in [2.24, 2.45) is 0 Å². The number of carbonyl (C=O) groups is 4. The van der Waals surface area contributed by atoms with Crippen LogP contribution in [0.5, 0.6) is 0 Å². The Morgan fingerprint density at radius 3 is 2.31 bits per heavy atom. The summed E-state index contributed by atoms with van der Waals surface area (Å²) in [6.07, 6.45) is 1.18. The Kier molecular flexibility index (Phi) is 6.86. The van der Waals surface area contributed by atoms with Gasteiger partial charge >= 0.3 is 5.97 Å². The average Bonchev–Trinajstić information content (AvgIpc) is 3.04. The first-order valence-corrected chi connectivity index (χ1v) is 9.44. The fourth-order valence-corrected chi connectivity index (χ4v) is 3.10. The van der Waals surface area contributed by atoms with Crippen LogP contribution in [0.2, 0.25) is 0 Å². The van der Waals surface area contributed by atoms with Gasteiger partial charge in [0.25, 0.3) is 17.5 Å². The second kappa shape index (κ2) is 9.75. The molecule has 0 aromatic heterocycles. The molecule has 0 saturated heterocycles. The molecule has 0 N–H and O–H groups in total. The number of imide groups is 1. The zero-order valence-corrected chi connectivity index (χ0v) is 17.0. The fourth-order valence-electron chi connectivity index (χ4n) is 3.10. The molecule has 1 aliphatic rings. The van der Waals surface area contributed by atoms with E-state index in [-0.39, 0.29) is 30.0 Å². The van der Waals surface area contributed by atoms with Gasteiger partial charge in [0.15, 0.2) is 5.78 Å². The molecular formula is C22H18N2O8. The molecule has 0 bridgehead atoms. The van der Waals surface area contributed by atoms with Gasteiger partial charge in [-0.2, -0.15) is 0 Å². The smallest absolute Gasteiger partial charge is 0.341 e. The molecule has 0 fully saturated rings. The van der Waals surface area contributed by atoms with Gasteiger partial charge < -0.3 is 9.47 Å². The summed E-state index contributed by atoms with van der Waals surface area (Å²) in [5.74, 6) is -2.53. The van der Waals surface area contributed by atoms with Crippen molar-refractivity contribution in [3.8, 4) is 0 Å². The molecule has 2 amide bonds. The van der Waals surface area contributed by atoms with E-state index in [1.54, 1.807) is 24.3 Å². The van der Waals surface area contributed by atoms with Crippen molar-refractivity contribution in [1.29, 1.82) is 0 Å². The van der Waals surface area contributed by atoms with Crippen molar-refractivity contribution in [2.75, 3.05) is 26.9 Å². The first-order chi connectivity index (χ1) is 15.3. The lowest BCUT2D eigenvalue weighted by Crippen LogP contribution is -2.33. The number of hydrogen-bond acceptors (Lipinski definition) is 8. The molecule has 0 radical (unpaired) electrons. The van der Waals surface area contributed by atoms with Crippen LogP contribution in [0, 0.1) is 10.1 Å². The molecule has 1 aliphatic heterocycles. The Labute approximate surface area is 182 Å². The number of ether oxygens (including phenoxy) is 2. The van der Waals surface area contributed by atoms with Gasteiger partial charge in [0.2, 0.25) is 0 Å². The Morgan fingerprint density at radius 2 is 1.72 bits per heavy atom. The molecule has 0 aliphatic carbocycles. The minimum Gasteiger partial charge on any atom is -0.465 e. The highest BCUT2D eigenvalue weighted by Crippen LogP contribution is 2.22. The predicted molar refractivity (Wildman–Crippen MR) is 111 cm³/mol. The number of nitrogens with zero attached hydrogens (tertiary/aromatic N) is 2. The molecule has 164 valence electrons. The van der Waals surface area contributed by atoms with Gasteiger partial charge in [-0.05, 0) is 23.8 Å². The maximum Gasteiger partial charge on any atom is 0.341 e. The lowest BCUT2D eigenvalue weighted by atomic mass is 10.1. The SMILES string of the molecule is COC(=O)/C(=C/c1cccc([N+](=O)[O-])c1)C(=O)COCCN1C(=O)c2ccccc2C1=O. The van der Waals surface area contributed by atoms with Gasteiger partial charge in [-0.1, -0.05) is 24.3 Å². The average molecular weight is 438 g/mol. The van der Waals surface area contributed by atoms with E-state index in [2.05, 4.69) is 4.74 Å². The largest absolute Gasteiger partial charge is 0.465 e. The van der Waals surface area contributed by atoms with Crippen molar-refractivity contribution in [2.45, 2.75) is 0 Å². The van der Waals surface area contributed by atoms with Gasteiger partial charge in [0.05, 0.1) is 36.3 Å². The van der Waals surface area contributed by atoms with Crippen molar-refractivity contribution >= 4 is 35.3 Å². The molecule has 32 heavy (non-hydrogen) atoms. The number of nitro groups is 1. The summed E-state index contributed by atoms with van der Waals surface area (Å²) in [5, 5.41) is 10.9. The predicted octanol–water partition coefficient (Wildman–Crippen LogP) is 2.03. The van der Waals surface area contributed by atoms with Crippen molar-refractivity contribution < 1.29 is 33.6 Å². The zero-order chi connectivity index (χ0) is 23.3. The van der Waals surface area contributed by atoms with E-state index in [1.807, 2.05) is 0 Å². The summed E-state index contributed by atoms with van der Waals surface area (Å²) in [6, 6.07) is 11.8. The number of esters is 1. The number of benzene rings is 2. The molecule has 1 heterocycles. The van der Waals surface area contributed by atoms with E-state index in [9.17, 15) is 29.3 Å². The maximum atomic E-state index is 12.5. The third kappa shape index (κ3) is 4.76. The van der Waals surface area contributed by atoms with Gasteiger partial charge in [-0.25, -0.2) is 4.79 Å². The van der Waals surface area contributed by atoms with Crippen molar-refractivity contribution in [1.82, 2.24) is 4.90 Å². The normalized spacial score (nSPS) is 13.2. The molecule has 2 aromatic rings. The lowest BCUT2D eigenvalue weighted by Gasteiger charge is -2.13. The van der Waals surface area contributed by atoms with E-state index in [4.69, 9.17) is 4.74 Å². The van der Waals surface area contributed by atoms with Crippen LogP contribution in [0.3, 0.4) is 0 Å². The summed E-state index contributed by atoms with van der Waals surface area (Å²) in [7, 11) is 1.10. The summed E-state index contributed by atoms with van der Waals surface area (Å²) < 4.78 is 9.90. The molecule has 0 atom stereocenters. The van der Waals surface area contributed by atoms with Crippen LogP contribution in [-0.4, -0.2) is 60.3 Å². The van der Waals surface area contributed by atoms with Crippen LogP contribution in [0.15, 0.2) is 54.1 Å². The standard InChI is InChI=1S/C22H18N2O8/c1-31-22(28)18(12-14-5-4-6-15(11-14)24(29)30)19(25)13-32-10-9-23-20(26)16-7-2-3-8-17(16)21(23)27/h2-8,11-12H,9-10,13H2,1H3/b18-12+. The van der Waals surface area contributed by atoms with E-state index >= 15 is 0 Å². The number of amides is 2. The van der Waals surface area contributed by atoms with Gasteiger partial charge in [0.1, 0.15) is 12.2 Å². The molecule has 0 saturated carbocycles. The maximum absolute atomic E-state index is 12.5. The number of carbonyl (C=O) groups excluding carboxylic acids is 4. The summed E-state index contributed by atoms with van der Waals surface area (Å²) in [5.41, 5.74) is 0.322. The molecule has 10 nitrogen and oxygen atoms in total. The number of methoxy groups -OCH3 is 1. The Morgan fingerprint density at radius 1 is 1.06 bits per heavy atom. The Balaban J connectivity index is 1.62. The zero-order valence-electron chi connectivity index (χ0n) is 17.0. The summed E-state index contributed by atoms with van der Waals surface area (Å²) in [4.78, 5) is 60.5. The van der Waals surface area contributed by atoms with Crippen LogP contribution < -0.4 is 0 Å². The number of fused-ring (bicyclic) bond motifs is 1. The van der Waals surface area contributed by atoms with E-state index in [1.165, 1.54) is 30.3 Å². The van der Waals surface area contributed by atoms with E-state index in [0.717, 1.165) is 12.0 Å².